The number of non-ortho nitro benzene ring substituents is 1. The van der Waals surface area contributed by atoms with E-state index in [1.807, 2.05) is 64.4 Å². The summed E-state index contributed by atoms with van der Waals surface area (Å²) in [5, 5.41) is 10.9. The predicted octanol–water partition coefficient (Wildman–Crippen LogP) is 6.85. The van der Waals surface area contributed by atoms with Crippen LogP contribution in [0.15, 0.2) is 101 Å². The summed E-state index contributed by atoms with van der Waals surface area (Å²) in [6, 6.07) is 28.2. The van der Waals surface area contributed by atoms with Crippen molar-refractivity contribution in [3.63, 3.8) is 0 Å². The second kappa shape index (κ2) is 12.4. The van der Waals surface area contributed by atoms with Crippen LogP contribution in [0.5, 0.6) is 0 Å². The number of anilines is 2. The zero-order valence-electron chi connectivity index (χ0n) is 24.6. The molecule has 4 aromatic rings. The molecule has 0 atom stereocenters. The molecule has 0 saturated carbocycles. The lowest BCUT2D eigenvalue weighted by atomic mass is 10.0. The maximum Gasteiger partial charge on any atom is 0.269 e. The van der Waals surface area contributed by atoms with E-state index in [4.69, 9.17) is 0 Å². The van der Waals surface area contributed by atoms with Crippen LogP contribution < -0.4 is 9.80 Å². The van der Waals surface area contributed by atoms with E-state index in [-0.39, 0.29) is 17.5 Å². The molecule has 0 aromatic heterocycles. The Morgan fingerprint density at radius 3 is 2.32 bits per heavy atom. The Morgan fingerprint density at radius 2 is 1.61 bits per heavy atom. The van der Waals surface area contributed by atoms with Crippen molar-refractivity contribution in [1.29, 1.82) is 0 Å². The maximum atomic E-state index is 13.8. The van der Waals surface area contributed by atoms with Gasteiger partial charge in [-0.2, -0.15) is 0 Å². The minimum absolute atomic E-state index is 0.0377. The third-order valence-corrected chi connectivity index (χ3v) is 9.19. The van der Waals surface area contributed by atoms with Gasteiger partial charge in [-0.25, -0.2) is 0 Å². The first-order valence-corrected chi connectivity index (χ1v) is 15.3. The van der Waals surface area contributed by atoms with Gasteiger partial charge in [0.1, 0.15) is 0 Å². The molecule has 9 heteroatoms. The quantitative estimate of drug-likeness (QED) is 0.136. The number of hydrogen-bond donors (Lipinski definition) is 0. The van der Waals surface area contributed by atoms with Gasteiger partial charge in [-0.05, 0) is 73.0 Å². The molecule has 8 nitrogen and oxygen atoms in total. The standard InChI is InChI=1S/C35H32N4O4S/c1-24-7-8-25(2)28(21-24)23-38-31-5-3-4-6-32(31)44-33(35(38)41)22-26-9-11-27(12-10-26)34(40)37-19-17-36(18-20-37)29-13-15-30(16-14-29)39(42)43/h3-16,21-22H,17-20,23H2,1-2H3. The fourth-order valence-electron chi connectivity index (χ4n) is 5.57. The first kappa shape index (κ1) is 29.2. The van der Waals surface area contributed by atoms with E-state index >= 15 is 0 Å². The Kier molecular flexibility index (Phi) is 8.21. The van der Waals surface area contributed by atoms with Crippen LogP contribution in [0.1, 0.15) is 32.6 Å². The van der Waals surface area contributed by atoms with Crippen LogP contribution in [-0.4, -0.2) is 47.8 Å². The number of benzene rings is 4. The number of aryl methyl sites for hydroxylation is 2. The van der Waals surface area contributed by atoms with Crippen LogP contribution in [0.4, 0.5) is 17.1 Å². The number of carbonyl (C=O) groups excluding carboxylic acids is 2. The first-order chi connectivity index (χ1) is 21.3. The number of carbonyl (C=O) groups is 2. The van der Waals surface area contributed by atoms with E-state index < -0.39 is 4.92 Å². The zero-order chi connectivity index (χ0) is 30.8. The molecule has 0 unspecified atom stereocenters. The van der Waals surface area contributed by atoms with Crippen molar-refractivity contribution < 1.29 is 14.5 Å². The van der Waals surface area contributed by atoms with Gasteiger partial charge in [0.25, 0.3) is 17.5 Å². The topological polar surface area (TPSA) is 87.0 Å². The normalized spacial score (nSPS) is 15.8. The molecule has 222 valence electrons. The fraction of sp³-hybridized carbons (Fsp3) is 0.200. The van der Waals surface area contributed by atoms with Crippen LogP contribution >= 0.6 is 11.8 Å². The number of thioether (sulfide) groups is 1. The number of rotatable bonds is 6. The summed E-state index contributed by atoms with van der Waals surface area (Å²) >= 11 is 1.47. The summed E-state index contributed by atoms with van der Waals surface area (Å²) in [5.74, 6) is -0.0788. The minimum Gasteiger partial charge on any atom is -0.368 e. The molecule has 0 bridgehead atoms. The molecule has 1 fully saturated rings. The second-order valence-corrected chi connectivity index (χ2v) is 12.2. The van der Waals surface area contributed by atoms with Crippen molar-refractivity contribution in [3.05, 3.63) is 134 Å². The zero-order valence-corrected chi connectivity index (χ0v) is 25.4. The van der Waals surface area contributed by atoms with E-state index in [1.54, 1.807) is 12.1 Å². The number of hydrogen-bond acceptors (Lipinski definition) is 6. The van der Waals surface area contributed by atoms with Gasteiger partial charge in [-0.15, -0.1) is 0 Å². The highest BCUT2D eigenvalue weighted by Crippen LogP contribution is 2.42. The number of nitro benzene ring substituents is 1. The first-order valence-electron chi connectivity index (χ1n) is 14.5. The summed E-state index contributed by atoms with van der Waals surface area (Å²) in [6.45, 7) is 7.03. The minimum atomic E-state index is -0.408. The van der Waals surface area contributed by atoms with Crippen LogP contribution in [0, 0.1) is 24.0 Å². The maximum absolute atomic E-state index is 13.8. The number of nitrogens with zero attached hydrogens (tertiary/aromatic N) is 4. The van der Waals surface area contributed by atoms with Gasteiger partial charge in [0.05, 0.1) is 22.1 Å². The largest absolute Gasteiger partial charge is 0.368 e. The van der Waals surface area contributed by atoms with Gasteiger partial charge in [-0.1, -0.05) is 59.8 Å². The molecule has 0 radical (unpaired) electrons. The van der Waals surface area contributed by atoms with E-state index in [0.29, 0.717) is 43.2 Å². The average molecular weight is 605 g/mol. The van der Waals surface area contributed by atoms with E-state index in [1.165, 1.54) is 23.9 Å². The number of piperazine rings is 1. The summed E-state index contributed by atoms with van der Waals surface area (Å²) in [6.07, 6.45) is 1.90. The molecule has 0 N–H and O–H groups in total. The Hall–Kier alpha value is -4.89. The highest BCUT2D eigenvalue weighted by atomic mass is 32.2. The molecule has 6 rings (SSSR count). The van der Waals surface area contributed by atoms with Gasteiger partial charge in [0.15, 0.2) is 0 Å². The molecule has 4 aromatic carbocycles. The van der Waals surface area contributed by atoms with Crippen LogP contribution in [0.3, 0.4) is 0 Å². The van der Waals surface area contributed by atoms with Crippen LogP contribution in [0.2, 0.25) is 0 Å². The van der Waals surface area contributed by atoms with Gasteiger partial charge in [0, 0.05) is 54.5 Å². The van der Waals surface area contributed by atoms with E-state index in [0.717, 1.165) is 38.5 Å². The van der Waals surface area contributed by atoms with E-state index in [2.05, 4.69) is 36.9 Å². The highest BCUT2D eigenvalue weighted by Gasteiger charge is 2.29. The Balaban J connectivity index is 1.14. The molecule has 0 aliphatic carbocycles. The van der Waals surface area contributed by atoms with Gasteiger partial charge in [-0.3, -0.25) is 19.7 Å². The lowest BCUT2D eigenvalue weighted by Gasteiger charge is -2.36. The van der Waals surface area contributed by atoms with Crippen molar-refractivity contribution in [2.75, 3.05) is 36.0 Å². The number of para-hydroxylation sites is 1. The fourth-order valence-corrected chi connectivity index (χ4v) is 6.63. The third-order valence-electron chi connectivity index (χ3n) is 8.11. The smallest absolute Gasteiger partial charge is 0.269 e. The van der Waals surface area contributed by atoms with Crippen LogP contribution in [-0.2, 0) is 11.3 Å². The SMILES string of the molecule is Cc1ccc(C)c(CN2C(=O)C(=Cc3ccc(C(=O)N4CCN(c5ccc([N+](=O)[O-])cc5)CC4)cc3)Sc3ccccc32)c1. The Bertz CT molecular complexity index is 1760. The number of fused-ring (bicyclic) bond motifs is 1. The summed E-state index contributed by atoms with van der Waals surface area (Å²) in [7, 11) is 0. The summed E-state index contributed by atoms with van der Waals surface area (Å²) in [4.78, 5) is 45.1. The molecule has 44 heavy (non-hydrogen) atoms. The predicted molar refractivity (Wildman–Crippen MR) is 175 cm³/mol. The summed E-state index contributed by atoms with van der Waals surface area (Å²) in [5.41, 5.74) is 6.77. The van der Waals surface area contributed by atoms with Crippen molar-refractivity contribution >= 4 is 46.7 Å². The van der Waals surface area contributed by atoms with Gasteiger partial charge < -0.3 is 14.7 Å². The lowest BCUT2D eigenvalue weighted by molar-refractivity contribution is -0.384. The average Bonchev–Trinajstić information content (AvgIpc) is 3.04. The molecule has 2 heterocycles. The third kappa shape index (κ3) is 6.09. The van der Waals surface area contributed by atoms with E-state index in [9.17, 15) is 19.7 Å². The number of amides is 2. The molecule has 2 aliphatic heterocycles. The number of nitro groups is 1. The Labute approximate surface area is 260 Å². The van der Waals surface area contributed by atoms with Crippen LogP contribution in [0.25, 0.3) is 6.08 Å². The molecular formula is C35H32N4O4S. The van der Waals surface area contributed by atoms with Gasteiger partial charge >= 0.3 is 0 Å². The molecule has 1 saturated heterocycles. The molecule has 2 amide bonds. The Morgan fingerprint density at radius 1 is 0.909 bits per heavy atom. The van der Waals surface area contributed by atoms with Gasteiger partial charge in [0.2, 0.25) is 0 Å². The second-order valence-electron chi connectivity index (χ2n) is 11.1. The highest BCUT2D eigenvalue weighted by molar-refractivity contribution is 8.04. The van der Waals surface area contributed by atoms with Crippen molar-refractivity contribution in [1.82, 2.24) is 4.90 Å². The lowest BCUT2D eigenvalue weighted by Crippen LogP contribution is -2.48. The monoisotopic (exact) mass is 604 g/mol. The molecular weight excluding hydrogens is 572 g/mol. The van der Waals surface area contributed by atoms with Crippen molar-refractivity contribution in [2.45, 2.75) is 25.3 Å². The van der Waals surface area contributed by atoms with Crippen molar-refractivity contribution in [2.24, 2.45) is 0 Å². The van der Waals surface area contributed by atoms with Crippen molar-refractivity contribution in [3.8, 4) is 0 Å². The summed E-state index contributed by atoms with van der Waals surface area (Å²) < 4.78 is 0. The molecule has 0 spiro atoms. The molecule has 2 aliphatic rings.